The first-order valence-electron chi connectivity index (χ1n) is 11.6. The number of para-hydroxylation sites is 1. The number of nitro groups is 1. The van der Waals surface area contributed by atoms with Crippen LogP contribution < -0.4 is 15.0 Å². The second-order valence-electron chi connectivity index (χ2n) is 8.40. The molecular weight excluding hydrogens is 540 g/mol. The predicted molar refractivity (Wildman–Crippen MR) is 146 cm³/mol. The Morgan fingerprint density at radius 1 is 1.19 bits per heavy atom. The van der Waals surface area contributed by atoms with Crippen LogP contribution in [-0.4, -0.2) is 27.9 Å². The summed E-state index contributed by atoms with van der Waals surface area (Å²) in [7, 11) is 1.52. The third-order valence-electron chi connectivity index (χ3n) is 5.93. The van der Waals surface area contributed by atoms with E-state index in [4.69, 9.17) is 14.5 Å². The van der Waals surface area contributed by atoms with Crippen LogP contribution in [0.1, 0.15) is 43.1 Å². The van der Waals surface area contributed by atoms with Gasteiger partial charge < -0.3 is 9.47 Å². The standard InChI is InChI=1S/C27H25BrN4O5/c1-4-17(2)26-30-23-12-11-20(28)14-22(23)27(33)31(26)29-15-19-8-6-10-24(36-3)25(19)37-16-18-7-5-9-21(13-18)32(34)35/h5-15,17H,4,16H2,1-3H3/t17-/m1/s1. The van der Waals surface area contributed by atoms with E-state index in [9.17, 15) is 14.9 Å². The fourth-order valence-electron chi connectivity index (χ4n) is 3.76. The second-order valence-corrected chi connectivity index (χ2v) is 9.31. The van der Waals surface area contributed by atoms with E-state index in [-0.39, 0.29) is 23.8 Å². The highest BCUT2D eigenvalue weighted by Crippen LogP contribution is 2.31. The number of benzene rings is 3. The topological polar surface area (TPSA) is 109 Å². The Morgan fingerprint density at radius 2 is 1.97 bits per heavy atom. The smallest absolute Gasteiger partial charge is 0.282 e. The summed E-state index contributed by atoms with van der Waals surface area (Å²) in [5.74, 6) is 1.41. The summed E-state index contributed by atoms with van der Waals surface area (Å²) < 4.78 is 13.6. The lowest BCUT2D eigenvalue weighted by Gasteiger charge is -2.15. The Labute approximate surface area is 221 Å². The Hall–Kier alpha value is -4.05. The Kier molecular flexibility index (Phi) is 7.98. The van der Waals surface area contributed by atoms with Gasteiger partial charge >= 0.3 is 0 Å². The van der Waals surface area contributed by atoms with Crippen LogP contribution in [-0.2, 0) is 6.61 Å². The van der Waals surface area contributed by atoms with Gasteiger partial charge in [-0.05, 0) is 42.3 Å². The molecule has 0 bridgehead atoms. The maximum absolute atomic E-state index is 13.4. The Balaban J connectivity index is 1.75. The molecule has 4 rings (SSSR count). The van der Waals surface area contributed by atoms with E-state index >= 15 is 0 Å². The summed E-state index contributed by atoms with van der Waals surface area (Å²) in [6.45, 7) is 4.10. The molecule has 190 valence electrons. The molecule has 3 aromatic carbocycles. The van der Waals surface area contributed by atoms with Crippen molar-refractivity contribution < 1.29 is 14.4 Å². The van der Waals surface area contributed by atoms with Gasteiger partial charge in [-0.2, -0.15) is 9.78 Å². The molecule has 0 amide bonds. The molecule has 0 saturated carbocycles. The van der Waals surface area contributed by atoms with Crippen molar-refractivity contribution in [3.63, 3.8) is 0 Å². The zero-order valence-electron chi connectivity index (χ0n) is 20.6. The van der Waals surface area contributed by atoms with Crippen molar-refractivity contribution in [1.29, 1.82) is 0 Å². The van der Waals surface area contributed by atoms with Crippen molar-refractivity contribution in [2.24, 2.45) is 5.10 Å². The molecular formula is C27H25BrN4O5. The van der Waals surface area contributed by atoms with E-state index < -0.39 is 4.92 Å². The van der Waals surface area contributed by atoms with Crippen molar-refractivity contribution >= 4 is 38.7 Å². The molecule has 0 aliphatic carbocycles. The second kappa shape index (κ2) is 11.3. The summed E-state index contributed by atoms with van der Waals surface area (Å²) in [5, 5.41) is 16.1. The average Bonchev–Trinajstić information content (AvgIpc) is 2.91. The zero-order chi connectivity index (χ0) is 26.5. The number of non-ortho nitro benzene ring substituents is 1. The molecule has 37 heavy (non-hydrogen) atoms. The summed E-state index contributed by atoms with van der Waals surface area (Å²) in [4.78, 5) is 28.8. The van der Waals surface area contributed by atoms with Crippen molar-refractivity contribution in [2.75, 3.05) is 7.11 Å². The largest absolute Gasteiger partial charge is 0.493 e. The lowest BCUT2D eigenvalue weighted by Crippen LogP contribution is -2.23. The minimum absolute atomic E-state index is 0.00667. The number of aromatic nitrogens is 2. The van der Waals surface area contributed by atoms with Gasteiger partial charge in [0, 0.05) is 28.1 Å². The van der Waals surface area contributed by atoms with Gasteiger partial charge in [0.05, 0.1) is 29.2 Å². The molecule has 1 atom stereocenters. The lowest BCUT2D eigenvalue weighted by atomic mass is 10.1. The molecule has 0 aliphatic rings. The van der Waals surface area contributed by atoms with Gasteiger partial charge in [0.15, 0.2) is 11.5 Å². The molecule has 1 aromatic heterocycles. The third-order valence-corrected chi connectivity index (χ3v) is 6.43. The summed E-state index contributed by atoms with van der Waals surface area (Å²) in [5.41, 5.74) is 1.51. The molecule has 0 spiro atoms. The number of rotatable bonds is 9. The van der Waals surface area contributed by atoms with Gasteiger partial charge in [-0.15, -0.1) is 0 Å². The molecule has 0 unspecified atom stereocenters. The minimum atomic E-state index is -0.451. The molecule has 9 nitrogen and oxygen atoms in total. The predicted octanol–water partition coefficient (Wildman–Crippen LogP) is 6.05. The number of halogens is 1. The molecule has 0 saturated heterocycles. The quantitative estimate of drug-likeness (QED) is 0.139. The third kappa shape index (κ3) is 5.69. The molecule has 0 fully saturated rings. The van der Waals surface area contributed by atoms with Crippen LogP contribution in [0.2, 0.25) is 0 Å². The number of nitro benzene ring substituents is 1. The monoisotopic (exact) mass is 564 g/mol. The number of nitrogens with zero attached hydrogens (tertiary/aromatic N) is 4. The van der Waals surface area contributed by atoms with Crippen molar-refractivity contribution in [3.05, 3.63) is 103 Å². The van der Waals surface area contributed by atoms with Crippen molar-refractivity contribution in [2.45, 2.75) is 32.8 Å². The van der Waals surface area contributed by atoms with Crippen LogP contribution >= 0.6 is 15.9 Å². The number of fused-ring (bicyclic) bond motifs is 1. The van der Waals surface area contributed by atoms with E-state index in [0.717, 1.165) is 10.9 Å². The number of ether oxygens (including phenoxy) is 2. The molecule has 4 aromatic rings. The highest BCUT2D eigenvalue weighted by atomic mass is 79.9. The highest BCUT2D eigenvalue weighted by Gasteiger charge is 2.17. The van der Waals surface area contributed by atoms with Gasteiger partial charge in [-0.3, -0.25) is 14.9 Å². The fraction of sp³-hybridized carbons (Fsp3) is 0.222. The van der Waals surface area contributed by atoms with Gasteiger partial charge in [-0.25, -0.2) is 4.98 Å². The normalized spacial score (nSPS) is 12.1. The molecule has 1 heterocycles. The number of methoxy groups -OCH3 is 1. The van der Waals surface area contributed by atoms with Crippen LogP contribution in [0.4, 0.5) is 5.69 Å². The SMILES string of the molecule is CC[C@@H](C)c1nc2ccc(Br)cc2c(=O)n1N=Cc1cccc(OC)c1OCc1cccc([N+](=O)[O-])c1. The molecule has 0 N–H and O–H groups in total. The first-order chi connectivity index (χ1) is 17.8. The maximum Gasteiger partial charge on any atom is 0.282 e. The van der Waals surface area contributed by atoms with Crippen LogP contribution in [0.25, 0.3) is 10.9 Å². The summed E-state index contributed by atoms with van der Waals surface area (Å²) in [6.07, 6.45) is 2.31. The molecule has 10 heteroatoms. The number of hydrogen-bond acceptors (Lipinski definition) is 7. The molecule has 0 aliphatic heterocycles. The van der Waals surface area contributed by atoms with Crippen molar-refractivity contribution in [1.82, 2.24) is 9.66 Å². The maximum atomic E-state index is 13.4. The lowest BCUT2D eigenvalue weighted by molar-refractivity contribution is -0.384. The highest BCUT2D eigenvalue weighted by molar-refractivity contribution is 9.10. The molecule has 0 radical (unpaired) electrons. The van der Waals surface area contributed by atoms with Crippen LogP contribution in [0.15, 0.2) is 75.0 Å². The Bertz CT molecular complexity index is 1550. The minimum Gasteiger partial charge on any atom is -0.493 e. The zero-order valence-corrected chi connectivity index (χ0v) is 22.1. The fourth-order valence-corrected chi connectivity index (χ4v) is 4.13. The van der Waals surface area contributed by atoms with Gasteiger partial charge in [0.25, 0.3) is 11.2 Å². The van der Waals surface area contributed by atoms with E-state index in [1.807, 2.05) is 26.0 Å². The van der Waals surface area contributed by atoms with Crippen LogP contribution in [0.5, 0.6) is 11.5 Å². The Morgan fingerprint density at radius 3 is 2.70 bits per heavy atom. The summed E-state index contributed by atoms with van der Waals surface area (Å²) in [6, 6.07) is 16.9. The first kappa shape index (κ1) is 26.0. The van der Waals surface area contributed by atoms with Gasteiger partial charge in [0.2, 0.25) is 0 Å². The van der Waals surface area contributed by atoms with Crippen molar-refractivity contribution in [3.8, 4) is 11.5 Å². The number of hydrogen-bond donors (Lipinski definition) is 0. The van der Waals surface area contributed by atoms with E-state index in [0.29, 0.717) is 39.4 Å². The van der Waals surface area contributed by atoms with Gasteiger partial charge in [0.1, 0.15) is 12.4 Å². The van der Waals surface area contributed by atoms with Crippen LogP contribution in [0, 0.1) is 10.1 Å². The van der Waals surface area contributed by atoms with Crippen LogP contribution in [0.3, 0.4) is 0 Å². The van der Waals surface area contributed by atoms with E-state index in [1.54, 1.807) is 36.4 Å². The average molecular weight is 565 g/mol. The summed E-state index contributed by atoms with van der Waals surface area (Å²) >= 11 is 3.42. The van der Waals surface area contributed by atoms with Gasteiger partial charge in [-0.1, -0.05) is 48.0 Å². The van der Waals surface area contributed by atoms with E-state index in [1.165, 1.54) is 30.1 Å². The van der Waals surface area contributed by atoms with E-state index in [2.05, 4.69) is 21.0 Å². The first-order valence-corrected chi connectivity index (χ1v) is 12.4.